The molecule has 108 valence electrons. The van der Waals surface area contributed by atoms with Gasteiger partial charge in [-0.25, -0.2) is 0 Å². The third-order valence-electron chi connectivity index (χ3n) is 3.54. The van der Waals surface area contributed by atoms with Gasteiger partial charge in [-0.3, -0.25) is 9.48 Å². The van der Waals surface area contributed by atoms with E-state index in [-0.39, 0.29) is 17.7 Å². The van der Waals surface area contributed by atoms with Crippen molar-refractivity contribution in [2.24, 2.45) is 7.05 Å². The molecule has 0 unspecified atom stereocenters. The SMILES string of the molecule is CCC(CCl)(CCl)NC(=O)c1nn(C)c2ccccc12. The van der Waals surface area contributed by atoms with Crippen molar-refractivity contribution >= 4 is 40.0 Å². The molecule has 1 aromatic heterocycles. The molecule has 0 atom stereocenters. The Morgan fingerprint density at radius 3 is 2.60 bits per heavy atom. The molecular weight excluding hydrogens is 297 g/mol. The fraction of sp³-hybridized carbons (Fsp3) is 0.429. The minimum Gasteiger partial charge on any atom is -0.343 e. The number of hydrogen-bond donors (Lipinski definition) is 1. The van der Waals surface area contributed by atoms with Crippen LogP contribution in [0.4, 0.5) is 0 Å². The second-order valence-corrected chi connectivity index (χ2v) is 5.38. The quantitative estimate of drug-likeness (QED) is 0.863. The van der Waals surface area contributed by atoms with Crippen LogP contribution in [0.25, 0.3) is 10.9 Å². The first-order chi connectivity index (χ1) is 9.56. The summed E-state index contributed by atoms with van der Waals surface area (Å²) in [4.78, 5) is 12.5. The number of rotatable bonds is 5. The molecule has 1 aromatic carbocycles. The molecule has 1 heterocycles. The standard InChI is InChI=1S/C14H17Cl2N3O/c1-3-14(8-15,9-16)17-13(20)12-10-6-4-5-7-11(10)19(2)18-12/h4-7H,3,8-9H2,1-2H3,(H,17,20). The summed E-state index contributed by atoms with van der Waals surface area (Å²) in [5.41, 5.74) is 0.714. The number of para-hydroxylation sites is 1. The van der Waals surface area contributed by atoms with Crippen LogP contribution in [0.3, 0.4) is 0 Å². The number of aromatic nitrogens is 2. The number of nitrogens with zero attached hydrogens (tertiary/aromatic N) is 2. The molecule has 0 bridgehead atoms. The maximum absolute atomic E-state index is 12.5. The Bertz CT molecular complexity index is 612. The first-order valence-corrected chi connectivity index (χ1v) is 7.50. The Kier molecular flexibility index (Phi) is 4.55. The highest BCUT2D eigenvalue weighted by Crippen LogP contribution is 2.20. The zero-order valence-electron chi connectivity index (χ0n) is 11.5. The Balaban J connectivity index is 2.37. The number of hydrogen-bond acceptors (Lipinski definition) is 2. The van der Waals surface area contributed by atoms with E-state index in [1.54, 1.807) is 4.68 Å². The molecule has 2 rings (SSSR count). The minimum atomic E-state index is -0.598. The van der Waals surface area contributed by atoms with E-state index in [2.05, 4.69) is 10.4 Å². The van der Waals surface area contributed by atoms with Crippen LogP contribution >= 0.6 is 23.2 Å². The predicted molar refractivity (Wildman–Crippen MR) is 82.6 cm³/mol. The Morgan fingerprint density at radius 2 is 2.00 bits per heavy atom. The van der Waals surface area contributed by atoms with Crippen LogP contribution in [0.2, 0.25) is 0 Å². The summed E-state index contributed by atoms with van der Waals surface area (Å²) in [7, 11) is 1.81. The highest BCUT2D eigenvalue weighted by Gasteiger charge is 2.30. The van der Waals surface area contributed by atoms with Gasteiger partial charge in [-0.2, -0.15) is 5.10 Å². The highest BCUT2D eigenvalue weighted by atomic mass is 35.5. The van der Waals surface area contributed by atoms with E-state index in [1.165, 1.54) is 0 Å². The van der Waals surface area contributed by atoms with Crippen LogP contribution in [-0.2, 0) is 7.05 Å². The lowest BCUT2D eigenvalue weighted by Crippen LogP contribution is -2.51. The summed E-state index contributed by atoms with van der Waals surface area (Å²) < 4.78 is 1.69. The van der Waals surface area contributed by atoms with Gasteiger partial charge in [0.25, 0.3) is 5.91 Å². The second kappa shape index (κ2) is 6.02. The fourth-order valence-electron chi connectivity index (χ4n) is 2.06. The largest absolute Gasteiger partial charge is 0.343 e. The Hall–Kier alpha value is -1.26. The van der Waals surface area contributed by atoms with Gasteiger partial charge >= 0.3 is 0 Å². The lowest BCUT2D eigenvalue weighted by Gasteiger charge is -2.29. The molecule has 0 aliphatic rings. The van der Waals surface area contributed by atoms with Gasteiger partial charge in [-0.05, 0) is 12.5 Å². The molecule has 2 aromatic rings. The topological polar surface area (TPSA) is 46.9 Å². The molecule has 4 nitrogen and oxygen atoms in total. The van der Waals surface area contributed by atoms with Crippen molar-refractivity contribution < 1.29 is 4.79 Å². The lowest BCUT2D eigenvalue weighted by atomic mass is 10.0. The normalized spacial score (nSPS) is 11.8. The van der Waals surface area contributed by atoms with Gasteiger partial charge in [0.2, 0.25) is 0 Å². The van der Waals surface area contributed by atoms with Gasteiger partial charge in [0.1, 0.15) is 0 Å². The van der Waals surface area contributed by atoms with Crippen molar-refractivity contribution in [3.8, 4) is 0 Å². The smallest absolute Gasteiger partial charge is 0.272 e. The van der Waals surface area contributed by atoms with Gasteiger partial charge in [-0.1, -0.05) is 25.1 Å². The molecule has 0 aliphatic carbocycles. The maximum Gasteiger partial charge on any atom is 0.272 e. The molecule has 0 aliphatic heterocycles. The molecule has 1 amide bonds. The van der Waals surface area contributed by atoms with E-state index in [0.717, 1.165) is 10.9 Å². The predicted octanol–water partition coefficient (Wildman–Crippen LogP) is 2.93. The first kappa shape index (κ1) is 15.1. The van der Waals surface area contributed by atoms with Crippen molar-refractivity contribution in [3.63, 3.8) is 0 Å². The number of fused-ring (bicyclic) bond motifs is 1. The van der Waals surface area contributed by atoms with Crippen LogP contribution < -0.4 is 5.32 Å². The van der Waals surface area contributed by atoms with E-state index in [1.807, 2.05) is 38.2 Å². The third-order valence-corrected chi connectivity index (χ3v) is 4.56. The summed E-state index contributed by atoms with van der Waals surface area (Å²) in [6.45, 7) is 1.95. The van der Waals surface area contributed by atoms with E-state index in [4.69, 9.17) is 23.2 Å². The number of benzene rings is 1. The van der Waals surface area contributed by atoms with E-state index >= 15 is 0 Å². The van der Waals surface area contributed by atoms with Crippen LogP contribution in [0.1, 0.15) is 23.8 Å². The molecule has 0 spiro atoms. The lowest BCUT2D eigenvalue weighted by molar-refractivity contribution is 0.0909. The highest BCUT2D eigenvalue weighted by molar-refractivity contribution is 6.22. The second-order valence-electron chi connectivity index (χ2n) is 4.84. The molecule has 0 saturated carbocycles. The summed E-state index contributed by atoms with van der Waals surface area (Å²) in [6, 6.07) is 7.61. The monoisotopic (exact) mass is 313 g/mol. The van der Waals surface area contributed by atoms with Crippen molar-refractivity contribution in [1.29, 1.82) is 0 Å². The zero-order valence-corrected chi connectivity index (χ0v) is 13.0. The van der Waals surface area contributed by atoms with Gasteiger partial charge < -0.3 is 5.32 Å². The zero-order chi connectivity index (χ0) is 14.8. The van der Waals surface area contributed by atoms with Crippen LogP contribution in [0, 0.1) is 0 Å². The van der Waals surface area contributed by atoms with Gasteiger partial charge in [0.15, 0.2) is 5.69 Å². The maximum atomic E-state index is 12.5. The van der Waals surface area contributed by atoms with Crippen molar-refractivity contribution in [2.45, 2.75) is 18.9 Å². The van der Waals surface area contributed by atoms with Crippen molar-refractivity contribution in [1.82, 2.24) is 15.1 Å². The Morgan fingerprint density at radius 1 is 1.35 bits per heavy atom. The first-order valence-electron chi connectivity index (χ1n) is 6.43. The molecule has 1 N–H and O–H groups in total. The number of aryl methyl sites for hydroxylation is 1. The fourth-order valence-corrected chi connectivity index (χ4v) is 2.86. The molecule has 0 radical (unpaired) electrons. The summed E-state index contributed by atoms with van der Waals surface area (Å²) >= 11 is 11.9. The number of alkyl halides is 2. The van der Waals surface area contributed by atoms with Crippen LogP contribution in [-0.4, -0.2) is 33.0 Å². The van der Waals surface area contributed by atoms with Gasteiger partial charge in [0.05, 0.1) is 11.1 Å². The molecule has 0 saturated heterocycles. The molecule has 0 fully saturated rings. The van der Waals surface area contributed by atoms with Crippen LogP contribution in [0.15, 0.2) is 24.3 Å². The van der Waals surface area contributed by atoms with E-state index < -0.39 is 5.54 Å². The number of amides is 1. The number of nitrogens with one attached hydrogen (secondary N) is 1. The minimum absolute atomic E-state index is 0.245. The summed E-state index contributed by atoms with van der Waals surface area (Å²) in [6.07, 6.45) is 0.663. The molecular formula is C14H17Cl2N3O. The summed E-state index contributed by atoms with van der Waals surface area (Å²) in [5.74, 6) is 0.289. The van der Waals surface area contributed by atoms with E-state index in [9.17, 15) is 4.79 Å². The number of carbonyl (C=O) groups excluding carboxylic acids is 1. The molecule has 20 heavy (non-hydrogen) atoms. The summed E-state index contributed by atoms with van der Waals surface area (Å²) in [5, 5.41) is 8.04. The van der Waals surface area contributed by atoms with Crippen LogP contribution in [0.5, 0.6) is 0 Å². The van der Waals surface area contributed by atoms with Gasteiger partial charge in [-0.15, -0.1) is 23.2 Å². The number of carbonyl (C=O) groups is 1. The average Bonchev–Trinajstić information content (AvgIpc) is 2.83. The Labute approximate surface area is 128 Å². The van der Waals surface area contributed by atoms with Gasteiger partial charge in [0, 0.05) is 24.2 Å². The third kappa shape index (κ3) is 2.63. The molecule has 6 heteroatoms. The van der Waals surface area contributed by atoms with Crippen molar-refractivity contribution in [2.75, 3.05) is 11.8 Å². The van der Waals surface area contributed by atoms with E-state index in [0.29, 0.717) is 12.1 Å². The van der Waals surface area contributed by atoms with Crippen molar-refractivity contribution in [3.05, 3.63) is 30.0 Å². The number of halogens is 2. The average molecular weight is 314 g/mol.